The molecule has 172 valence electrons. The zero-order chi connectivity index (χ0) is 22.8. The van der Waals surface area contributed by atoms with E-state index in [0.717, 1.165) is 57.3 Å². The van der Waals surface area contributed by atoms with Crippen molar-refractivity contribution in [3.63, 3.8) is 0 Å². The number of aldehydes is 1. The van der Waals surface area contributed by atoms with Crippen molar-refractivity contribution in [2.75, 3.05) is 0 Å². The molecule has 3 unspecified atom stereocenters. The molecular weight excluding hydrogens is 380 g/mol. The third-order valence-corrected chi connectivity index (χ3v) is 5.66. The second-order valence-corrected chi connectivity index (χ2v) is 8.41. The Hall–Kier alpha value is -1.75. The van der Waals surface area contributed by atoms with E-state index in [-0.39, 0.29) is 18.8 Å². The molecule has 0 fully saturated rings. The molecule has 0 bridgehead atoms. The van der Waals surface area contributed by atoms with Gasteiger partial charge in [0.2, 0.25) is 0 Å². The van der Waals surface area contributed by atoms with Crippen LogP contribution in [0, 0.1) is 11.3 Å². The van der Waals surface area contributed by atoms with Gasteiger partial charge in [0.25, 0.3) is 0 Å². The molecule has 0 heterocycles. The van der Waals surface area contributed by atoms with Crippen LogP contribution in [0.15, 0.2) is 24.8 Å². The van der Waals surface area contributed by atoms with Crippen LogP contribution >= 0.6 is 0 Å². The normalized spacial score (nSPS) is 15.4. The first-order valence-corrected chi connectivity index (χ1v) is 11.5. The monoisotopic (exact) mass is 422 g/mol. The fourth-order valence-corrected chi connectivity index (χ4v) is 3.83. The van der Waals surface area contributed by atoms with Gasteiger partial charge >= 0.3 is 5.97 Å². The summed E-state index contributed by atoms with van der Waals surface area (Å²) in [6.07, 6.45) is 16.4. The van der Waals surface area contributed by atoms with Gasteiger partial charge in [-0.25, -0.2) is 0 Å². The Morgan fingerprint density at radius 3 is 2.27 bits per heavy atom. The first-order valence-electron chi connectivity index (χ1n) is 11.5. The maximum absolute atomic E-state index is 12.2. The van der Waals surface area contributed by atoms with E-state index in [2.05, 4.69) is 25.7 Å². The Kier molecular flexibility index (Phi) is 16.0. The molecule has 0 saturated carbocycles. The van der Waals surface area contributed by atoms with Crippen LogP contribution in [0.4, 0.5) is 0 Å². The molecule has 0 aromatic heterocycles. The van der Waals surface area contributed by atoms with Crippen LogP contribution in [0.5, 0.6) is 0 Å². The van der Waals surface area contributed by atoms with Gasteiger partial charge in [-0.2, -0.15) is 0 Å². The van der Waals surface area contributed by atoms with Gasteiger partial charge in [0, 0.05) is 5.92 Å². The van der Waals surface area contributed by atoms with Gasteiger partial charge < -0.3 is 15.0 Å². The lowest BCUT2D eigenvalue weighted by atomic mass is 9.74. The third-order valence-electron chi connectivity index (χ3n) is 5.66. The number of carbonyl (C=O) groups is 3. The predicted octanol–water partition coefficient (Wildman–Crippen LogP) is 5.66. The van der Waals surface area contributed by atoms with Crippen LogP contribution in [0.2, 0.25) is 0 Å². The number of aliphatic hydroxyl groups excluding tert-OH is 1. The largest absolute Gasteiger partial charge is 0.480 e. The Morgan fingerprint density at radius 2 is 1.70 bits per heavy atom. The standard InChI is InChI=1S/C25H42O5/c1-4-6-7-8-10-13-16-22(20-26)17-14-11-9-12-15-18-25(24(29)30,19-21(3)27)23(28)5-2/h5,10,13,20-22,27H,2,4,6-9,11-12,14-19H2,1,3H3,(H,29,30). The molecule has 0 spiro atoms. The van der Waals surface area contributed by atoms with Crippen molar-refractivity contribution < 1.29 is 24.6 Å². The minimum absolute atomic E-state index is 0.0725. The average molecular weight is 423 g/mol. The molecular formula is C25H42O5. The number of rotatable bonds is 20. The van der Waals surface area contributed by atoms with E-state index >= 15 is 0 Å². The summed E-state index contributed by atoms with van der Waals surface area (Å²) in [7, 11) is 0. The fraction of sp³-hybridized carbons (Fsp3) is 0.720. The molecule has 5 heteroatoms. The molecule has 0 radical (unpaired) electrons. The minimum atomic E-state index is -1.58. The van der Waals surface area contributed by atoms with E-state index in [4.69, 9.17) is 0 Å². The number of ketones is 1. The summed E-state index contributed by atoms with van der Waals surface area (Å²) < 4.78 is 0. The van der Waals surface area contributed by atoms with Gasteiger partial charge in [0.05, 0.1) is 6.10 Å². The summed E-state index contributed by atoms with van der Waals surface area (Å²) in [5.41, 5.74) is -1.58. The van der Waals surface area contributed by atoms with Crippen molar-refractivity contribution in [3.05, 3.63) is 24.8 Å². The molecule has 0 aliphatic heterocycles. The molecule has 3 atom stereocenters. The van der Waals surface area contributed by atoms with Crippen LogP contribution < -0.4 is 0 Å². The topological polar surface area (TPSA) is 91.7 Å². The number of hydrogen-bond acceptors (Lipinski definition) is 4. The van der Waals surface area contributed by atoms with E-state index in [1.165, 1.54) is 26.2 Å². The zero-order valence-electron chi connectivity index (χ0n) is 19.0. The van der Waals surface area contributed by atoms with Crippen LogP contribution in [-0.2, 0) is 14.4 Å². The number of carbonyl (C=O) groups excluding carboxylic acids is 2. The van der Waals surface area contributed by atoms with E-state index < -0.39 is 23.3 Å². The van der Waals surface area contributed by atoms with Crippen LogP contribution in [0.1, 0.15) is 97.3 Å². The quantitative estimate of drug-likeness (QED) is 0.0869. The SMILES string of the molecule is C=CC(=O)C(CCCCCCCC(C=O)CC=CCCCCC)(CC(C)O)C(=O)O. The molecule has 0 amide bonds. The van der Waals surface area contributed by atoms with E-state index in [1.807, 2.05) is 0 Å². The summed E-state index contributed by atoms with van der Waals surface area (Å²) in [4.78, 5) is 35.2. The minimum Gasteiger partial charge on any atom is -0.480 e. The van der Waals surface area contributed by atoms with Crippen LogP contribution in [-0.4, -0.2) is 34.4 Å². The highest BCUT2D eigenvalue weighted by atomic mass is 16.4. The number of allylic oxidation sites excluding steroid dienone is 3. The number of aliphatic hydroxyl groups is 1. The van der Waals surface area contributed by atoms with Gasteiger partial charge in [-0.1, -0.05) is 70.6 Å². The highest BCUT2D eigenvalue weighted by Crippen LogP contribution is 2.33. The van der Waals surface area contributed by atoms with Crippen LogP contribution in [0.3, 0.4) is 0 Å². The van der Waals surface area contributed by atoms with E-state index in [0.29, 0.717) is 6.42 Å². The van der Waals surface area contributed by atoms with E-state index in [1.54, 1.807) is 0 Å². The first kappa shape index (κ1) is 28.2. The summed E-state index contributed by atoms with van der Waals surface area (Å²) >= 11 is 0. The third kappa shape index (κ3) is 11.4. The van der Waals surface area contributed by atoms with Gasteiger partial charge in [-0.05, 0) is 51.5 Å². The Balaban J connectivity index is 4.22. The molecule has 0 aliphatic carbocycles. The lowest BCUT2D eigenvalue weighted by molar-refractivity contribution is -0.156. The van der Waals surface area contributed by atoms with E-state index in [9.17, 15) is 24.6 Å². The van der Waals surface area contributed by atoms with Gasteiger partial charge in [-0.15, -0.1) is 0 Å². The Bertz CT molecular complexity index is 538. The van der Waals surface area contributed by atoms with Crippen molar-refractivity contribution in [1.82, 2.24) is 0 Å². The molecule has 0 aromatic rings. The maximum atomic E-state index is 12.2. The molecule has 0 aliphatic rings. The summed E-state index contributed by atoms with van der Waals surface area (Å²) in [5.74, 6) is -1.65. The lowest BCUT2D eigenvalue weighted by Crippen LogP contribution is -2.41. The predicted molar refractivity (Wildman–Crippen MR) is 121 cm³/mol. The zero-order valence-corrected chi connectivity index (χ0v) is 19.0. The van der Waals surface area contributed by atoms with Crippen molar-refractivity contribution in [2.24, 2.45) is 11.3 Å². The van der Waals surface area contributed by atoms with Gasteiger partial charge in [-0.3, -0.25) is 9.59 Å². The maximum Gasteiger partial charge on any atom is 0.317 e. The van der Waals surface area contributed by atoms with Gasteiger partial charge in [0.1, 0.15) is 11.7 Å². The van der Waals surface area contributed by atoms with Crippen molar-refractivity contribution in [3.8, 4) is 0 Å². The summed E-state index contributed by atoms with van der Waals surface area (Å²) in [5, 5.41) is 19.3. The number of carboxylic acid groups (broad SMARTS) is 1. The second-order valence-electron chi connectivity index (χ2n) is 8.41. The second kappa shape index (κ2) is 17.0. The number of unbranched alkanes of at least 4 members (excludes halogenated alkanes) is 7. The Morgan fingerprint density at radius 1 is 1.03 bits per heavy atom. The van der Waals surface area contributed by atoms with Crippen molar-refractivity contribution in [2.45, 2.75) is 103 Å². The molecule has 5 nitrogen and oxygen atoms in total. The first-order chi connectivity index (χ1) is 14.3. The van der Waals surface area contributed by atoms with Crippen LogP contribution in [0.25, 0.3) is 0 Å². The Labute approximate surface area is 182 Å². The molecule has 0 aromatic carbocycles. The smallest absolute Gasteiger partial charge is 0.317 e. The molecule has 30 heavy (non-hydrogen) atoms. The lowest BCUT2D eigenvalue weighted by Gasteiger charge is -2.28. The highest BCUT2D eigenvalue weighted by molar-refractivity contribution is 6.08. The number of carboxylic acids is 1. The number of aliphatic carboxylic acids is 1. The van der Waals surface area contributed by atoms with Crippen molar-refractivity contribution in [1.29, 1.82) is 0 Å². The summed E-state index contributed by atoms with van der Waals surface area (Å²) in [6.45, 7) is 7.10. The molecule has 2 N–H and O–H groups in total. The van der Waals surface area contributed by atoms with Crippen molar-refractivity contribution >= 4 is 18.0 Å². The molecule has 0 rings (SSSR count). The fourth-order valence-electron chi connectivity index (χ4n) is 3.83. The van der Waals surface area contributed by atoms with Gasteiger partial charge in [0.15, 0.2) is 5.78 Å². The highest BCUT2D eigenvalue weighted by Gasteiger charge is 2.44. The average Bonchev–Trinajstić information content (AvgIpc) is 2.71. The molecule has 0 saturated heterocycles. The number of hydrogen-bond donors (Lipinski definition) is 2. The summed E-state index contributed by atoms with van der Waals surface area (Å²) in [6, 6.07) is 0.